The number of rotatable bonds is 2. The van der Waals surface area contributed by atoms with Gasteiger partial charge >= 0.3 is 5.97 Å². The molecule has 0 bridgehead atoms. The molecule has 0 aromatic heterocycles. The number of hydrogen-bond acceptors (Lipinski definition) is 6. The van der Waals surface area contributed by atoms with Crippen LogP contribution in [-0.4, -0.2) is 52.0 Å². The number of aliphatic hydroxyl groups excluding tert-OH is 3. The molecule has 68 valence electrons. The molecule has 0 aromatic carbocycles. The minimum Gasteiger partial charge on any atom is -0.454 e. The number of cyclic esters (lactones) is 1. The molecule has 12 heavy (non-hydrogen) atoms. The predicted molar refractivity (Wildman–Crippen MR) is 34.0 cm³/mol. The minimum absolute atomic E-state index is 0.124. The first kappa shape index (κ1) is 9.11. The molecule has 1 aliphatic rings. The molecule has 0 aliphatic carbocycles. The summed E-state index contributed by atoms with van der Waals surface area (Å²) in [5.74, 6) is -1.03. The summed E-state index contributed by atoms with van der Waals surface area (Å²) in [6, 6.07) is 0. The normalized spacial score (nSPS) is 37.6. The zero-order chi connectivity index (χ0) is 9.30. The number of aliphatic hydroxyl groups is 3. The van der Waals surface area contributed by atoms with Gasteiger partial charge in [-0.15, -0.1) is 0 Å². The summed E-state index contributed by atoms with van der Waals surface area (Å²) in [6.07, 6.45) is -6.05. The Morgan fingerprint density at radius 2 is 2.08 bits per heavy atom. The van der Waals surface area contributed by atoms with E-state index in [4.69, 9.17) is 15.3 Å². The Bertz CT molecular complexity index is 202. The van der Waals surface area contributed by atoms with E-state index in [0.29, 0.717) is 0 Å². The fraction of sp³-hybridized carbons (Fsp3) is 0.667. The number of esters is 1. The van der Waals surface area contributed by atoms with Gasteiger partial charge in [0.2, 0.25) is 0 Å². The molecule has 0 amide bonds. The van der Waals surface area contributed by atoms with Crippen molar-refractivity contribution in [2.24, 2.45) is 0 Å². The maximum absolute atomic E-state index is 10.6. The molecule has 1 saturated heterocycles. The van der Waals surface area contributed by atoms with Crippen molar-refractivity contribution in [2.75, 3.05) is 0 Å². The monoisotopic (exact) mass is 176 g/mol. The highest BCUT2D eigenvalue weighted by Gasteiger charge is 2.46. The average Bonchev–Trinajstić information content (AvgIpc) is 2.32. The lowest BCUT2D eigenvalue weighted by Gasteiger charge is -2.14. The molecule has 1 rings (SSSR count). The molecule has 1 fully saturated rings. The molecule has 4 atom stereocenters. The van der Waals surface area contributed by atoms with E-state index in [1.807, 2.05) is 0 Å². The van der Waals surface area contributed by atoms with Crippen molar-refractivity contribution in [3.63, 3.8) is 0 Å². The highest BCUT2D eigenvalue weighted by atomic mass is 16.6. The van der Waals surface area contributed by atoms with E-state index < -0.39 is 30.4 Å². The van der Waals surface area contributed by atoms with Crippen molar-refractivity contribution < 1.29 is 29.6 Å². The van der Waals surface area contributed by atoms with Crippen molar-refractivity contribution in [2.45, 2.75) is 24.4 Å². The van der Waals surface area contributed by atoms with Gasteiger partial charge in [-0.25, -0.2) is 4.79 Å². The Balaban J connectivity index is 2.70. The molecule has 0 radical (unpaired) electrons. The summed E-state index contributed by atoms with van der Waals surface area (Å²) in [4.78, 5) is 20.6. The Labute approximate surface area is 67.4 Å². The maximum atomic E-state index is 10.6. The van der Waals surface area contributed by atoms with Crippen molar-refractivity contribution in [1.29, 1.82) is 0 Å². The lowest BCUT2D eigenvalue weighted by Crippen LogP contribution is -2.39. The lowest BCUT2D eigenvalue weighted by molar-refractivity contribution is -0.151. The minimum atomic E-state index is -1.68. The summed E-state index contributed by atoms with van der Waals surface area (Å²) >= 11 is 0. The first-order valence-corrected chi connectivity index (χ1v) is 3.28. The van der Waals surface area contributed by atoms with E-state index in [0.717, 1.165) is 0 Å². The lowest BCUT2D eigenvalue weighted by atomic mass is 10.1. The number of carbonyl (C=O) groups is 2. The fourth-order valence-electron chi connectivity index (χ4n) is 0.942. The van der Waals surface area contributed by atoms with E-state index in [1.54, 1.807) is 0 Å². The van der Waals surface area contributed by atoms with E-state index >= 15 is 0 Å². The third-order valence-corrected chi connectivity index (χ3v) is 1.63. The van der Waals surface area contributed by atoms with Crippen molar-refractivity contribution in [3.8, 4) is 0 Å². The van der Waals surface area contributed by atoms with Gasteiger partial charge < -0.3 is 24.9 Å². The van der Waals surface area contributed by atoms with Crippen LogP contribution in [0.1, 0.15) is 0 Å². The number of aldehydes is 1. The van der Waals surface area contributed by atoms with E-state index in [9.17, 15) is 9.59 Å². The second-order valence-electron chi connectivity index (χ2n) is 2.46. The van der Waals surface area contributed by atoms with Crippen LogP contribution in [0.15, 0.2) is 0 Å². The Morgan fingerprint density at radius 1 is 1.50 bits per heavy atom. The van der Waals surface area contributed by atoms with Crippen molar-refractivity contribution >= 4 is 12.3 Å². The first-order valence-electron chi connectivity index (χ1n) is 3.28. The van der Waals surface area contributed by atoms with Crippen LogP contribution >= 0.6 is 0 Å². The zero-order valence-electron chi connectivity index (χ0n) is 5.95. The van der Waals surface area contributed by atoms with Gasteiger partial charge in [0.05, 0.1) is 0 Å². The quantitative estimate of drug-likeness (QED) is 0.310. The number of hydrogen-bond donors (Lipinski definition) is 3. The molecule has 6 nitrogen and oxygen atoms in total. The molecule has 0 saturated carbocycles. The van der Waals surface area contributed by atoms with E-state index in [1.165, 1.54) is 0 Å². The smallest absolute Gasteiger partial charge is 0.338 e. The third-order valence-electron chi connectivity index (χ3n) is 1.63. The summed E-state index contributed by atoms with van der Waals surface area (Å²) in [5.41, 5.74) is 0. The van der Waals surface area contributed by atoms with Crippen molar-refractivity contribution in [3.05, 3.63) is 0 Å². The summed E-state index contributed by atoms with van der Waals surface area (Å²) in [6.45, 7) is 0. The average molecular weight is 176 g/mol. The van der Waals surface area contributed by atoms with Crippen LogP contribution in [0.4, 0.5) is 0 Å². The molecule has 1 aliphatic heterocycles. The van der Waals surface area contributed by atoms with Gasteiger partial charge in [-0.1, -0.05) is 0 Å². The van der Waals surface area contributed by atoms with E-state index in [-0.39, 0.29) is 6.29 Å². The molecule has 6 heteroatoms. The van der Waals surface area contributed by atoms with Crippen LogP contribution in [0.3, 0.4) is 0 Å². The molecule has 3 unspecified atom stereocenters. The fourth-order valence-corrected chi connectivity index (χ4v) is 0.942. The van der Waals surface area contributed by atoms with Gasteiger partial charge in [0.1, 0.15) is 12.2 Å². The Hall–Kier alpha value is -0.980. The SMILES string of the molecule is O=CC(O)[C@H]1OC(=O)C(O)C1O. The largest absolute Gasteiger partial charge is 0.454 e. The van der Waals surface area contributed by atoms with Crippen LogP contribution in [0, 0.1) is 0 Å². The first-order chi connectivity index (χ1) is 5.57. The predicted octanol–water partition coefficient (Wildman–Crippen LogP) is -2.81. The van der Waals surface area contributed by atoms with E-state index in [2.05, 4.69) is 4.74 Å². The Morgan fingerprint density at radius 3 is 2.42 bits per heavy atom. The van der Waals surface area contributed by atoms with Crippen LogP contribution in [0.5, 0.6) is 0 Å². The van der Waals surface area contributed by atoms with Gasteiger partial charge in [0.15, 0.2) is 18.5 Å². The second-order valence-corrected chi connectivity index (χ2v) is 2.46. The van der Waals surface area contributed by atoms with Gasteiger partial charge in [0.25, 0.3) is 0 Å². The molecule has 1 heterocycles. The number of ether oxygens (including phenoxy) is 1. The van der Waals surface area contributed by atoms with Crippen LogP contribution in [-0.2, 0) is 14.3 Å². The van der Waals surface area contributed by atoms with Gasteiger partial charge in [-0.3, -0.25) is 0 Å². The maximum Gasteiger partial charge on any atom is 0.338 e. The highest BCUT2D eigenvalue weighted by molar-refractivity contribution is 5.78. The van der Waals surface area contributed by atoms with Crippen molar-refractivity contribution in [1.82, 2.24) is 0 Å². The topological polar surface area (TPSA) is 104 Å². The molecular formula is C6H8O6. The summed E-state index contributed by atoms with van der Waals surface area (Å²) in [5, 5.41) is 26.7. The zero-order valence-corrected chi connectivity index (χ0v) is 5.95. The number of carbonyl (C=O) groups excluding carboxylic acids is 2. The van der Waals surface area contributed by atoms with Gasteiger partial charge in [0, 0.05) is 0 Å². The molecule has 0 aromatic rings. The van der Waals surface area contributed by atoms with Gasteiger partial charge in [-0.05, 0) is 0 Å². The summed E-state index contributed by atoms with van der Waals surface area (Å²) in [7, 11) is 0. The van der Waals surface area contributed by atoms with Crippen LogP contribution in [0.2, 0.25) is 0 Å². The molecular weight excluding hydrogens is 168 g/mol. The standard InChI is InChI=1S/C6H8O6/c7-1-2(8)5-3(9)4(10)6(11)12-5/h1-5,8-10H/t2?,3?,4?,5-/m1/s1. The molecule has 0 spiro atoms. The second kappa shape index (κ2) is 3.18. The van der Waals surface area contributed by atoms with Crippen LogP contribution < -0.4 is 0 Å². The third kappa shape index (κ3) is 1.31. The molecule has 3 N–H and O–H groups in total. The Kier molecular flexibility index (Phi) is 2.41. The van der Waals surface area contributed by atoms with Crippen LogP contribution in [0.25, 0.3) is 0 Å². The highest BCUT2D eigenvalue weighted by Crippen LogP contribution is 2.17. The summed E-state index contributed by atoms with van der Waals surface area (Å²) < 4.78 is 4.32. The van der Waals surface area contributed by atoms with Gasteiger partial charge in [-0.2, -0.15) is 0 Å².